The van der Waals surface area contributed by atoms with Crippen LogP contribution in [0.2, 0.25) is 0 Å². The van der Waals surface area contributed by atoms with Gasteiger partial charge in [0, 0.05) is 5.56 Å². The molecule has 1 amide bonds. The number of carbonyl (C=O) groups excluding carboxylic acids is 1. The first kappa shape index (κ1) is 11.1. The zero-order chi connectivity index (χ0) is 11.5. The van der Waals surface area contributed by atoms with Crippen LogP contribution in [0.3, 0.4) is 0 Å². The van der Waals surface area contributed by atoms with E-state index in [1.54, 1.807) is 0 Å². The molecule has 0 heterocycles. The minimum Gasteiger partial charge on any atom is -0.359 e. The van der Waals surface area contributed by atoms with Gasteiger partial charge in [0.2, 0.25) is 0 Å². The molecule has 15 heavy (non-hydrogen) atoms. The number of hydrogen-bond acceptors (Lipinski definition) is 1. The Bertz CT molecular complexity index is 440. The van der Waals surface area contributed by atoms with Crippen molar-refractivity contribution in [3.8, 4) is 11.8 Å². The van der Waals surface area contributed by atoms with Crippen molar-refractivity contribution in [2.75, 3.05) is 0 Å². The molecule has 0 aliphatic heterocycles. The number of rotatable bonds is 0. The molecule has 0 atom stereocenters. The van der Waals surface area contributed by atoms with Crippen LogP contribution in [0.1, 0.15) is 11.1 Å². The zero-order valence-corrected chi connectivity index (χ0v) is 7.43. The summed E-state index contributed by atoms with van der Waals surface area (Å²) in [5, 5.41) is 0. The lowest BCUT2D eigenvalue weighted by molar-refractivity contribution is -0.137. The molecular formula is C10H6F3NO. The Kier molecular flexibility index (Phi) is 3.00. The van der Waals surface area contributed by atoms with Crippen LogP contribution in [0, 0.1) is 11.8 Å². The average Bonchev–Trinajstić information content (AvgIpc) is 2.14. The Morgan fingerprint density at radius 2 is 2.00 bits per heavy atom. The largest absolute Gasteiger partial charge is 0.416 e. The number of nitrogens with two attached hydrogens (primary N) is 1. The first-order valence-electron chi connectivity index (χ1n) is 3.88. The number of hydrogen-bond donors (Lipinski definition) is 1. The lowest BCUT2D eigenvalue weighted by atomic mass is 10.1. The van der Waals surface area contributed by atoms with E-state index >= 15 is 0 Å². The molecule has 1 aromatic rings. The van der Waals surface area contributed by atoms with Crippen LogP contribution in [0.15, 0.2) is 24.3 Å². The summed E-state index contributed by atoms with van der Waals surface area (Å²) >= 11 is 0. The van der Waals surface area contributed by atoms with E-state index in [-0.39, 0.29) is 5.56 Å². The molecule has 0 aromatic heterocycles. The monoisotopic (exact) mass is 213 g/mol. The first-order chi connectivity index (χ1) is 6.89. The Hall–Kier alpha value is -1.96. The molecule has 0 aliphatic carbocycles. The third-order valence-electron chi connectivity index (χ3n) is 1.52. The van der Waals surface area contributed by atoms with Gasteiger partial charge in [0.05, 0.1) is 5.56 Å². The summed E-state index contributed by atoms with van der Waals surface area (Å²) in [4.78, 5) is 10.3. The number of alkyl halides is 3. The van der Waals surface area contributed by atoms with Crippen molar-refractivity contribution in [1.82, 2.24) is 0 Å². The van der Waals surface area contributed by atoms with Crippen LogP contribution in [-0.2, 0) is 11.0 Å². The molecule has 0 bridgehead atoms. The highest BCUT2D eigenvalue weighted by Gasteiger charge is 2.30. The Balaban J connectivity index is 3.05. The summed E-state index contributed by atoms with van der Waals surface area (Å²) in [5.41, 5.74) is 4.02. The van der Waals surface area contributed by atoms with E-state index in [1.807, 2.05) is 5.92 Å². The second-order valence-corrected chi connectivity index (χ2v) is 2.69. The van der Waals surface area contributed by atoms with Crippen molar-refractivity contribution in [2.24, 2.45) is 5.73 Å². The molecular weight excluding hydrogens is 207 g/mol. The highest BCUT2D eigenvalue weighted by molar-refractivity contribution is 5.92. The minimum atomic E-state index is -4.41. The average molecular weight is 213 g/mol. The third-order valence-corrected chi connectivity index (χ3v) is 1.52. The molecule has 0 saturated heterocycles. The molecule has 0 aliphatic rings. The van der Waals surface area contributed by atoms with Crippen LogP contribution in [0.4, 0.5) is 13.2 Å². The SMILES string of the molecule is NC(=O)C#Cc1cccc(C(F)(F)F)c1. The standard InChI is InChI=1S/C10H6F3NO/c11-10(12,13)8-3-1-2-7(6-8)4-5-9(14)15/h1-3,6H,(H2,14,15). The summed E-state index contributed by atoms with van der Waals surface area (Å²) in [5.74, 6) is 3.31. The highest BCUT2D eigenvalue weighted by atomic mass is 19.4. The lowest BCUT2D eigenvalue weighted by Gasteiger charge is -2.05. The quantitative estimate of drug-likeness (QED) is 0.652. The smallest absolute Gasteiger partial charge is 0.359 e. The summed E-state index contributed by atoms with van der Waals surface area (Å²) in [6.45, 7) is 0. The van der Waals surface area contributed by atoms with Gasteiger partial charge in [-0.1, -0.05) is 12.0 Å². The van der Waals surface area contributed by atoms with Gasteiger partial charge in [-0.15, -0.1) is 0 Å². The Morgan fingerprint density at radius 3 is 2.53 bits per heavy atom. The van der Waals surface area contributed by atoms with E-state index in [4.69, 9.17) is 5.73 Å². The molecule has 5 heteroatoms. The fourth-order valence-electron chi connectivity index (χ4n) is 0.907. The van der Waals surface area contributed by atoms with Crippen molar-refractivity contribution in [3.63, 3.8) is 0 Å². The molecule has 0 radical (unpaired) electrons. The van der Waals surface area contributed by atoms with Gasteiger partial charge in [0.25, 0.3) is 5.91 Å². The summed E-state index contributed by atoms with van der Waals surface area (Å²) in [6.07, 6.45) is -4.41. The minimum absolute atomic E-state index is 0.101. The molecule has 1 rings (SSSR count). The second kappa shape index (κ2) is 4.05. The molecule has 0 unspecified atom stereocenters. The number of amides is 1. The normalized spacial score (nSPS) is 10.3. The maximum atomic E-state index is 12.2. The topological polar surface area (TPSA) is 43.1 Å². The Labute approximate surface area is 83.9 Å². The van der Waals surface area contributed by atoms with E-state index < -0.39 is 17.6 Å². The van der Waals surface area contributed by atoms with Crippen molar-refractivity contribution in [1.29, 1.82) is 0 Å². The van der Waals surface area contributed by atoms with E-state index in [1.165, 1.54) is 12.1 Å². The summed E-state index contributed by atoms with van der Waals surface area (Å²) in [7, 11) is 0. The highest BCUT2D eigenvalue weighted by Crippen LogP contribution is 2.29. The van der Waals surface area contributed by atoms with Crippen molar-refractivity contribution in [2.45, 2.75) is 6.18 Å². The van der Waals surface area contributed by atoms with Gasteiger partial charge in [0.15, 0.2) is 0 Å². The zero-order valence-electron chi connectivity index (χ0n) is 7.43. The van der Waals surface area contributed by atoms with Crippen LogP contribution < -0.4 is 5.73 Å². The number of benzene rings is 1. The van der Waals surface area contributed by atoms with E-state index in [0.29, 0.717) is 0 Å². The lowest BCUT2D eigenvalue weighted by Crippen LogP contribution is -2.06. The Morgan fingerprint density at radius 1 is 1.33 bits per heavy atom. The van der Waals surface area contributed by atoms with Gasteiger partial charge >= 0.3 is 6.18 Å². The maximum absolute atomic E-state index is 12.2. The van der Waals surface area contributed by atoms with Crippen molar-refractivity contribution >= 4 is 5.91 Å². The molecule has 2 nitrogen and oxygen atoms in total. The summed E-state index contributed by atoms with van der Waals surface area (Å²) < 4.78 is 36.7. The molecule has 0 fully saturated rings. The third kappa shape index (κ3) is 3.35. The fraction of sp³-hybridized carbons (Fsp3) is 0.100. The van der Waals surface area contributed by atoms with E-state index in [0.717, 1.165) is 12.1 Å². The van der Waals surface area contributed by atoms with Gasteiger partial charge in [-0.3, -0.25) is 4.79 Å². The van der Waals surface area contributed by atoms with Gasteiger partial charge in [-0.2, -0.15) is 13.2 Å². The molecule has 2 N–H and O–H groups in total. The van der Waals surface area contributed by atoms with Crippen molar-refractivity contribution < 1.29 is 18.0 Å². The predicted molar refractivity (Wildman–Crippen MR) is 47.5 cm³/mol. The fourth-order valence-corrected chi connectivity index (χ4v) is 0.907. The van der Waals surface area contributed by atoms with Gasteiger partial charge < -0.3 is 5.73 Å². The molecule has 0 saturated carbocycles. The molecule has 1 aromatic carbocycles. The van der Waals surface area contributed by atoms with Gasteiger partial charge in [0.1, 0.15) is 0 Å². The number of carbonyl (C=O) groups is 1. The maximum Gasteiger partial charge on any atom is 0.416 e. The number of halogens is 3. The van der Waals surface area contributed by atoms with Crippen molar-refractivity contribution in [3.05, 3.63) is 35.4 Å². The first-order valence-corrected chi connectivity index (χ1v) is 3.88. The predicted octanol–water partition coefficient (Wildman–Crippen LogP) is 1.54. The van der Waals surface area contributed by atoms with Crippen LogP contribution in [-0.4, -0.2) is 5.91 Å². The van der Waals surface area contributed by atoms with E-state index in [2.05, 4.69) is 5.92 Å². The van der Waals surface area contributed by atoms with Crippen LogP contribution in [0.5, 0.6) is 0 Å². The molecule has 78 valence electrons. The van der Waals surface area contributed by atoms with Gasteiger partial charge in [-0.25, -0.2) is 0 Å². The number of primary amides is 1. The molecule has 0 spiro atoms. The van der Waals surface area contributed by atoms with Crippen LogP contribution in [0.25, 0.3) is 0 Å². The second-order valence-electron chi connectivity index (χ2n) is 2.69. The van der Waals surface area contributed by atoms with Crippen LogP contribution >= 0.6 is 0 Å². The van der Waals surface area contributed by atoms with Gasteiger partial charge in [-0.05, 0) is 24.1 Å². The van der Waals surface area contributed by atoms with E-state index in [9.17, 15) is 18.0 Å². The summed E-state index contributed by atoms with van der Waals surface area (Å²) in [6, 6.07) is 4.37.